The molecule has 26 heavy (non-hydrogen) atoms. The molecule has 2 saturated heterocycles. The first-order chi connectivity index (χ1) is 12.4. The first kappa shape index (κ1) is 18.0. The van der Waals surface area contributed by atoms with Crippen LogP contribution >= 0.6 is 0 Å². The fourth-order valence-corrected chi connectivity index (χ4v) is 4.75. The lowest BCUT2D eigenvalue weighted by molar-refractivity contribution is -0.137. The predicted octanol–water partition coefficient (Wildman–Crippen LogP) is 2.01. The number of aliphatic hydroxyl groups excluding tert-OH is 1. The van der Waals surface area contributed by atoms with Gasteiger partial charge in [-0.3, -0.25) is 4.90 Å². The Morgan fingerprint density at radius 1 is 1.12 bits per heavy atom. The van der Waals surface area contributed by atoms with Crippen molar-refractivity contribution in [3.05, 3.63) is 23.9 Å². The minimum Gasteiger partial charge on any atom is -0.391 e. The summed E-state index contributed by atoms with van der Waals surface area (Å²) >= 11 is 0. The van der Waals surface area contributed by atoms with Crippen LogP contribution in [0.15, 0.2) is 18.3 Å². The lowest BCUT2D eigenvalue weighted by atomic mass is 9.77. The summed E-state index contributed by atoms with van der Waals surface area (Å²) in [5.74, 6) is 0.520. The molecule has 144 valence electrons. The second-order valence-electron chi connectivity index (χ2n) is 7.55. The van der Waals surface area contributed by atoms with Crippen molar-refractivity contribution in [2.75, 3.05) is 44.3 Å². The normalized spacial score (nSPS) is 33.3. The SMILES string of the molecule is O[C@@H]1C[C@H]2CN(c3ncccc3C(F)(F)F)C[C@H]2C[C@H]1N1CCOCC1. The van der Waals surface area contributed by atoms with Gasteiger partial charge in [-0.25, -0.2) is 4.98 Å². The van der Waals surface area contributed by atoms with Crippen LogP contribution in [0.25, 0.3) is 0 Å². The minimum absolute atomic E-state index is 0.0202. The molecule has 1 N–H and O–H groups in total. The summed E-state index contributed by atoms with van der Waals surface area (Å²) in [6, 6.07) is 2.49. The van der Waals surface area contributed by atoms with Gasteiger partial charge in [-0.15, -0.1) is 0 Å². The van der Waals surface area contributed by atoms with Gasteiger partial charge in [-0.05, 0) is 36.8 Å². The van der Waals surface area contributed by atoms with Crippen molar-refractivity contribution in [3.63, 3.8) is 0 Å². The smallest absolute Gasteiger partial charge is 0.391 e. The van der Waals surface area contributed by atoms with E-state index in [0.29, 0.717) is 32.7 Å². The van der Waals surface area contributed by atoms with Gasteiger partial charge in [0.25, 0.3) is 0 Å². The molecule has 4 rings (SSSR count). The predicted molar refractivity (Wildman–Crippen MR) is 89.9 cm³/mol. The van der Waals surface area contributed by atoms with E-state index in [0.717, 1.165) is 25.6 Å². The number of nitrogens with zero attached hydrogens (tertiary/aromatic N) is 3. The van der Waals surface area contributed by atoms with Crippen molar-refractivity contribution in [2.45, 2.75) is 31.2 Å². The van der Waals surface area contributed by atoms with Crippen molar-refractivity contribution in [1.29, 1.82) is 0 Å². The molecule has 1 aliphatic carbocycles. The van der Waals surface area contributed by atoms with E-state index < -0.39 is 17.8 Å². The third-order valence-electron chi connectivity index (χ3n) is 6.02. The number of fused-ring (bicyclic) bond motifs is 1. The average molecular weight is 371 g/mol. The summed E-state index contributed by atoms with van der Waals surface area (Å²) in [4.78, 5) is 8.06. The molecule has 0 amide bonds. The molecule has 4 atom stereocenters. The number of anilines is 1. The molecule has 3 fully saturated rings. The van der Waals surface area contributed by atoms with Crippen LogP contribution in [0.1, 0.15) is 18.4 Å². The molecule has 0 aromatic carbocycles. The molecule has 0 radical (unpaired) electrons. The third kappa shape index (κ3) is 3.42. The Kier molecular flexibility index (Phi) is 4.83. The Morgan fingerprint density at radius 3 is 2.50 bits per heavy atom. The number of rotatable bonds is 2. The highest BCUT2D eigenvalue weighted by atomic mass is 19.4. The number of ether oxygens (including phenoxy) is 1. The van der Waals surface area contributed by atoms with E-state index in [9.17, 15) is 18.3 Å². The van der Waals surface area contributed by atoms with Crippen LogP contribution in [-0.2, 0) is 10.9 Å². The van der Waals surface area contributed by atoms with Crippen molar-refractivity contribution >= 4 is 5.82 Å². The third-order valence-corrected chi connectivity index (χ3v) is 6.02. The molecular formula is C18H24F3N3O2. The molecule has 1 aromatic rings. The van der Waals surface area contributed by atoms with E-state index in [2.05, 4.69) is 9.88 Å². The van der Waals surface area contributed by atoms with Crippen LogP contribution in [0.4, 0.5) is 19.0 Å². The van der Waals surface area contributed by atoms with Crippen LogP contribution in [-0.4, -0.2) is 66.5 Å². The zero-order chi connectivity index (χ0) is 18.3. The maximum Gasteiger partial charge on any atom is 0.419 e. The first-order valence-electron chi connectivity index (χ1n) is 9.20. The molecule has 0 spiro atoms. The molecule has 3 heterocycles. The zero-order valence-electron chi connectivity index (χ0n) is 14.5. The van der Waals surface area contributed by atoms with Crippen LogP contribution in [0.3, 0.4) is 0 Å². The highest BCUT2D eigenvalue weighted by Crippen LogP contribution is 2.42. The fourth-order valence-electron chi connectivity index (χ4n) is 4.75. The van der Waals surface area contributed by atoms with Crippen LogP contribution in [0, 0.1) is 11.8 Å². The summed E-state index contributed by atoms with van der Waals surface area (Å²) in [6.07, 6.45) is -1.97. The van der Waals surface area contributed by atoms with Gasteiger partial charge in [-0.2, -0.15) is 13.2 Å². The molecular weight excluding hydrogens is 347 g/mol. The number of morpholine rings is 1. The number of aromatic nitrogens is 1. The monoisotopic (exact) mass is 371 g/mol. The molecule has 5 nitrogen and oxygen atoms in total. The van der Waals surface area contributed by atoms with Gasteiger partial charge in [0.05, 0.1) is 24.9 Å². The van der Waals surface area contributed by atoms with E-state index in [4.69, 9.17) is 4.74 Å². The second-order valence-corrected chi connectivity index (χ2v) is 7.55. The molecule has 0 unspecified atom stereocenters. The maximum atomic E-state index is 13.3. The molecule has 3 aliphatic rings. The number of aliphatic hydroxyl groups is 1. The van der Waals surface area contributed by atoms with Crippen LogP contribution in [0.2, 0.25) is 0 Å². The zero-order valence-corrected chi connectivity index (χ0v) is 14.5. The van der Waals surface area contributed by atoms with Crippen molar-refractivity contribution in [3.8, 4) is 0 Å². The van der Waals surface area contributed by atoms with E-state index >= 15 is 0 Å². The van der Waals surface area contributed by atoms with E-state index in [1.165, 1.54) is 12.3 Å². The number of hydrogen-bond donors (Lipinski definition) is 1. The average Bonchev–Trinajstić information content (AvgIpc) is 3.04. The first-order valence-corrected chi connectivity index (χ1v) is 9.20. The summed E-state index contributed by atoms with van der Waals surface area (Å²) in [7, 11) is 0. The number of pyridine rings is 1. The van der Waals surface area contributed by atoms with E-state index in [1.54, 1.807) is 4.90 Å². The molecule has 8 heteroatoms. The lowest BCUT2D eigenvalue weighted by Crippen LogP contribution is -2.53. The van der Waals surface area contributed by atoms with Gasteiger partial charge in [-0.1, -0.05) is 0 Å². The quantitative estimate of drug-likeness (QED) is 0.862. The van der Waals surface area contributed by atoms with Crippen LogP contribution in [0.5, 0.6) is 0 Å². The van der Waals surface area contributed by atoms with E-state index in [1.807, 2.05) is 0 Å². The summed E-state index contributed by atoms with van der Waals surface area (Å²) < 4.78 is 45.3. The Labute approximate surface area is 150 Å². The Hall–Kier alpha value is -1.38. The Balaban J connectivity index is 1.50. The minimum atomic E-state index is -4.41. The van der Waals surface area contributed by atoms with Gasteiger partial charge in [0, 0.05) is 38.4 Å². The molecule has 1 aromatic heterocycles. The second kappa shape index (κ2) is 6.98. The van der Waals surface area contributed by atoms with Crippen molar-refractivity contribution < 1.29 is 23.0 Å². The highest BCUT2D eigenvalue weighted by Gasteiger charge is 2.45. The number of alkyl halides is 3. The number of halogens is 3. The van der Waals surface area contributed by atoms with Crippen LogP contribution < -0.4 is 4.90 Å². The topological polar surface area (TPSA) is 48.8 Å². The molecule has 1 saturated carbocycles. The lowest BCUT2D eigenvalue weighted by Gasteiger charge is -2.43. The Morgan fingerprint density at radius 2 is 1.81 bits per heavy atom. The van der Waals surface area contributed by atoms with Crippen molar-refractivity contribution in [2.24, 2.45) is 11.8 Å². The van der Waals surface area contributed by atoms with Crippen molar-refractivity contribution in [1.82, 2.24) is 9.88 Å². The summed E-state index contributed by atoms with van der Waals surface area (Å²) in [5, 5.41) is 10.6. The van der Waals surface area contributed by atoms with Gasteiger partial charge >= 0.3 is 6.18 Å². The van der Waals surface area contributed by atoms with Gasteiger partial charge in [0.2, 0.25) is 0 Å². The summed E-state index contributed by atoms with van der Waals surface area (Å²) in [5.41, 5.74) is -0.677. The molecule has 2 aliphatic heterocycles. The summed E-state index contributed by atoms with van der Waals surface area (Å²) in [6.45, 7) is 4.05. The maximum absolute atomic E-state index is 13.3. The Bertz CT molecular complexity index is 636. The van der Waals surface area contributed by atoms with Gasteiger partial charge < -0.3 is 14.7 Å². The standard InChI is InChI=1S/C18H24F3N3O2/c19-18(20,21)14-2-1-3-22-17(14)24-10-12-8-15(16(25)9-13(12)11-24)23-4-6-26-7-5-23/h1-3,12-13,15-16,25H,4-11H2/t12-,13+,15-,16-/m1/s1. The fraction of sp³-hybridized carbons (Fsp3) is 0.722. The van der Waals surface area contributed by atoms with Gasteiger partial charge in [0.15, 0.2) is 0 Å². The molecule has 0 bridgehead atoms. The number of hydrogen-bond acceptors (Lipinski definition) is 5. The largest absolute Gasteiger partial charge is 0.419 e. The van der Waals surface area contributed by atoms with Gasteiger partial charge in [0.1, 0.15) is 5.82 Å². The highest BCUT2D eigenvalue weighted by molar-refractivity contribution is 5.49. The van der Waals surface area contributed by atoms with E-state index in [-0.39, 0.29) is 23.7 Å².